The average molecular weight is 260 g/mol. The van der Waals surface area contributed by atoms with Crippen molar-refractivity contribution in [2.24, 2.45) is 11.7 Å². The van der Waals surface area contributed by atoms with E-state index >= 15 is 0 Å². The molecule has 0 bridgehead atoms. The van der Waals surface area contributed by atoms with Crippen molar-refractivity contribution in [1.29, 1.82) is 0 Å². The van der Waals surface area contributed by atoms with Gasteiger partial charge in [0.05, 0.1) is 6.10 Å². The monoisotopic (exact) mass is 260 g/mol. The van der Waals surface area contributed by atoms with Gasteiger partial charge in [-0.2, -0.15) is 0 Å². The minimum Gasteiger partial charge on any atom is -0.490 e. The van der Waals surface area contributed by atoms with Gasteiger partial charge in [-0.3, -0.25) is 4.90 Å². The number of benzene rings is 1. The molecule has 2 aliphatic rings. The van der Waals surface area contributed by atoms with Gasteiger partial charge in [0.25, 0.3) is 0 Å². The Balaban J connectivity index is 1.48. The van der Waals surface area contributed by atoms with Gasteiger partial charge in [-0.05, 0) is 68.9 Å². The van der Waals surface area contributed by atoms with E-state index in [-0.39, 0.29) is 0 Å². The van der Waals surface area contributed by atoms with Crippen LogP contribution in [0.25, 0.3) is 0 Å². The van der Waals surface area contributed by atoms with Crippen LogP contribution in [0.5, 0.6) is 5.75 Å². The quantitative estimate of drug-likeness (QED) is 0.883. The summed E-state index contributed by atoms with van der Waals surface area (Å²) < 4.78 is 5.94. The molecule has 19 heavy (non-hydrogen) atoms. The van der Waals surface area contributed by atoms with Gasteiger partial charge in [-0.1, -0.05) is 12.1 Å². The van der Waals surface area contributed by atoms with E-state index in [0.29, 0.717) is 12.0 Å². The second kappa shape index (κ2) is 5.93. The molecule has 1 saturated heterocycles. The maximum Gasteiger partial charge on any atom is 0.119 e. The van der Waals surface area contributed by atoms with E-state index in [1.54, 1.807) is 0 Å². The summed E-state index contributed by atoms with van der Waals surface area (Å²) in [4.78, 5) is 2.52. The normalized spacial score (nSPS) is 27.2. The summed E-state index contributed by atoms with van der Waals surface area (Å²) in [6.07, 6.45) is 5.33. The molecule has 0 amide bonds. The second-order valence-corrected chi connectivity index (χ2v) is 5.94. The van der Waals surface area contributed by atoms with Crippen LogP contribution in [0.4, 0.5) is 0 Å². The largest absolute Gasteiger partial charge is 0.490 e. The van der Waals surface area contributed by atoms with Crippen molar-refractivity contribution in [3.8, 4) is 5.75 Å². The molecule has 104 valence electrons. The summed E-state index contributed by atoms with van der Waals surface area (Å²) in [6, 6.07) is 8.63. The summed E-state index contributed by atoms with van der Waals surface area (Å²) in [5.74, 6) is 1.69. The Hall–Kier alpha value is -1.06. The van der Waals surface area contributed by atoms with Gasteiger partial charge < -0.3 is 10.5 Å². The predicted molar refractivity (Wildman–Crippen MR) is 77.1 cm³/mol. The molecule has 1 saturated carbocycles. The lowest BCUT2D eigenvalue weighted by Crippen LogP contribution is -2.37. The highest BCUT2D eigenvalue weighted by molar-refractivity contribution is 5.27. The van der Waals surface area contributed by atoms with E-state index in [9.17, 15) is 0 Å². The van der Waals surface area contributed by atoms with Crippen molar-refractivity contribution in [3.05, 3.63) is 29.8 Å². The molecule has 0 spiro atoms. The SMILES string of the molecule is NC[C@H]1C[C@H](Oc2ccc(CN3CCCC3)cc2)C1. The van der Waals surface area contributed by atoms with Gasteiger partial charge in [-0.25, -0.2) is 0 Å². The first-order chi connectivity index (χ1) is 9.33. The van der Waals surface area contributed by atoms with Crippen LogP contribution in [0, 0.1) is 5.92 Å². The molecule has 0 unspecified atom stereocenters. The molecule has 3 heteroatoms. The molecule has 0 aromatic heterocycles. The van der Waals surface area contributed by atoms with Crippen LogP contribution in [0.1, 0.15) is 31.2 Å². The maximum atomic E-state index is 5.94. The first kappa shape index (κ1) is 12.9. The van der Waals surface area contributed by atoms with Gasteiger partial charge in [0.15, 0.2) is 0 Å². The molecule has 3 nitrogen and oxygen atoms in total. The zero-order valence-electron chi connectivity index (χ0n) is 11.6. The molecule has 1 aliphatic heterocycles. The molecular weight excluding hydrogens is 236 g/mol. The summed E-state index contributed by atoms with van der Waals surface area (Å²) in [6.45, 7) is 4.38. The predicted octanol–water partition coefficient (Wildman–Crippen LogP) is 2.40. The Bertz CT molecular complexity index is 392. The highest BCUT2D eigenvalue weighted by atomic mass is 16.5. The lowest BCUT2D eigenvalue weighted by Gasteiger charge is -2.34. The van der Waals surface area contributed by atoms with Crippen LogP contribution in [0.3, 0.4) is 0 Å². The molecule has 0 atom stereocenters. The molecule has 1 aromatic carbocycles. The van der Waals surface area contributed by atoms with E-state index < -0.39 is 0 Å². The molecule has 1 aromatic rings. The Kier molecular flexibility index (Phi) is 4.04. The maximum absolute atomic E-state index is 5.94. The highest BCUT2D eigenvalue weighted by Crippen LogP contribution is 2.30. The number of ether oxygens (including phenoxy) is 1. The van der Waals surface area contributed by atoms with Gasteiger partial charge in [0.2, 0.25) is 0 Å². The summed E-state index contributed by atoms with van der Waals surface area (Å²) >= 11 is 0. The van der Waals surface area contributed by atoms with Gasteiger partial charge in [0, 0.05) is 6.54 Å². The molecular formula is C16H24N2O. The Morgan fingerprint density at radius 1 is 1.11 bits per heavy atom. The van der Waals surface area contributed by atoms with Crippen molar-refractivity contribution in [1.82, 2.24) is 4.90 Å². The number of nitrogens with zero attached hydrogens (tertiary/aromatic N) is 1. The standard InChI is InChI=1S/C16H24N2O/c17-11-14-9-16(10-14)19-15-5-3-13(4-6-15)12-18-7-1-2-8-18/h3-6,14,16H,1-2,7-12,17H2/t14-,16-. The van der Waals surface area contributed by atoms with Gasteiger partial charge in [-0.15, -0.1) is 0 Å². The van der Waals surface area contributed by atoms with Crippen LogP contribution >= 0.6 is 0 Å². The van der Waals surface area contributed by atoms with E-state index in [1.807, 2.05) is 0 Å². The smallest absolute Gasteiger partial charge is 0.119 e. The minimum atomic E-state index is 0.387. The highest BCUT2D eigenvalue weighted by Gasteiger charge is 2.29. The van der Waals surface area contributed by atoms with E-state index in [2.05, 4.69) is 29.2 Å². The first-order valence-electron chi connectivity index (χ1n) is 7.51. The van der Waals surface area contributed by atoms with Gasteiger partial charge in [0.1, 0.15) is 5.75 Å². The molecule has 1 heterocycles. The Labute approximate surface area is 115 Å². The second-order valence-electron chi connectivity index (χ2n) is 5.94. The molecule has 2 N–H and O–H groups in total. The molecule has 2 fully saturated rings. The fourth-order valence-corrected chi connectivity index (χ4v) is 3.03. The van der Waals surface area contributed by atoms with Crippen LogP contribution in [-0.2, 0) is 6.54 Å². The number of rotatable bonds is 5. The fourth-order valence-electron chi connectivity index (χ4n) is 3.03. The molecule has 0 radical (unpaired) electrons. The van der Waals surface area contributed by atoms with Crippen molar-refractivity contribution >= 4 is 0 Å². The third-order valence-corrected chi connectivity index (χ3v) is 4.36. The summed E-state index contributed by atoms with van der Waals surface area (Å²) in [7, 11) is 0. The van der Waals surface area contributed by atoms with Crippen LogP contribution in [0.2, 0.25) is 0 Å². The zero-order valence-corrected chi connectivity index (χ0v) is 11.6. The zero-order chi connectivity index (χ0) is 13.1. The van der Waals surface area contributed by atoms with E-state index in [4.69, 9.17) is 10.5 Å². The fraction of sp³-hybridized carbons (Fsp3) is 0.625. The van der Waals surface area contributed by atoms with Crippen LogP contribution < -0.4 is 10.5 Å². The number of likely N-dealkylation sites (tertiary alicyclic amines) is 1. The van der Waals surface area contributed by atoms with E-state index in [0.717, 1.165) is 31.7 Å². The lowest BCUT2D eigenvalue weighted by molar-refractivity contribution is 0.0690. The summed E-state index contributed by atoms with van der Waals surface area (Å²) in [5.41, 5.74) is 7.02. The van der Waals surface area contributed by atoms with Crippen LogP contribution in [-0.4, -0.2) is 30.6 Å². The Morgan fingerprint density at radius 2 is 1.79 bits per heavy atom. The first-order valence-corrected chi connectivity index (χ1v) is 7.51. The number of hydrogen-bond donors (Lipinski definition) is 1. The summed E-state index contributed by atoms with van der Waals surface area (Å²) in [5, 5.41) is 0. The molecule has 3 rings (SSSR count). The van der Waals surface area contributed by atoms with Crippen molar-refractivity contribution in [3.63, 3.8) is 0 Å². The Morgan fingerprint density at radius 3 is 2.42 bits per heavy atom. The van der Waals surface area contributed by atoms with E-state index in [1.165, 1.54) is 31.5 Å². The van der Waals surface area contributed by atoms with Crippen LogP contribution in [0.15, 0.2) is 24.3 Å². The lowest BCUT2D eigenvalue weighted by atomic mass is 9.82. The topological polar surface area (TPSA) is 38.5 Å². The third-order valence-electron chi connectivity index (χ3n) is 4.36. The van der Waals surface area contributed by atoms with Gasteiger partial charge >= 0.3 is 0 Å². The third kappa shape index (κ3) is 3.28. The van der Waals surface area contributed by atoms with Crippen molar-refractivity contribution in [2.45, 2.75) is 38.3 Å². The van der Waals surface area contributed by atoms with Crippen molar-refractivity contribution < 1.29 is 4.74 Å². The van der Waals surface area contributed by atoms with Crippen molar-refractivity contribution in [2.75, 3.05) is 19.6 Å². The number of hydrogen-bond acceptors (Lipinski definition) is 3. The molecule has 1 aliphatic carbocycles. The number of nitrogens with two attached hydrogens (primary N) is 1. The average Bonchev–Trinajstić information content (AvgIpc) is 2.88. The minimum absolute atomic E-state index is 0.387.